The monoisotopic (exact) mass is 985 g/mol. The van der Waals surface area contributed by atoms with Gasteiger partial charge in [-0.1, -0.05) is 206 Å². The highest BCUT2D eigenvalue weighted by molar-refractivity contribution is 8.60. The largest absolute Gasteiger partial charge is 0.301 e. The fourth-order valence-electron chi connectivity index (χ4n) is 10.6. The number of rotatable bonds is 2. The summed E-state index contributed by atoms with van der Waals surface area (Å²) < 4.78 is 25.4. The summed E-state index contributed by atoms with van der Waals surface area (Å²) in [7, 11) is 2.80. The summed E-state index contributed by atoms with van der Waals surface area (Å²) in [5, 5.41) is 0. The van der Waals surface area contributed by atoms with Gasteiger partial charge in [-0.25, -0.2) is 8.42 Å². The molecule has 0 saturated carbocycles. The van der Waals surface area contributed by atoms with Gasteiger partial charge in [-0.05, 0) is 99.7 Å². The number of nitrogens with zero attached hydrogens (tertiary/aromatic N) is 1. The van der Waals surface area contributed by atoms with Gasteiger partial charge in [-0.15, -0.1) is 8.93 Å². The highest BCUT2D eigenvalue weighted by atomic mass is 32.6. The Kier molecular flexibility index (Phi) is 14.8. The van der Waals surface area contributed by atoms with Crippen molar-refractivity contribution in [3.8, 4) is 11.1 Å². The molecule has 5 nitrogen and oxygen atoms in total. The zero-order chi connectivity index (χ0) is 48.7. The van der Waals surface area contributed by atoms with Gasteiger partial charge in [0.15, 0.2) is 15.6 Å². The maximum absolute atomic E-state index is 12.3. The molecule has 2 heterocycles. The average molecular weight is 986 g/mol. The lowest BCUT2D eigenvalue weighted by atomic mass is 9.82. The average Bonchev–Trinajstić information content (AvgIpc) is 3.96. The van der Waals surface area contributed by atoms with Gasteiger partial charge in [0.2, 0.25) is 0 Å². The number of benzene rings is 6. The molecule has 0 N–H and O–H groups in total. The SMILES string of the molecule is CC1(C)CC(=O)c2ccccc21.CC1(C)CCc2ccccc21.CC1(C)CS(=O)(=O)c2ccccc21.CC1(C)c2ccccc2-c2ccccc21.CC1(C)c2ccccc2C(=O)N1P(P)PP. The lowest BCUT2D eigenvalue weighted by Gasteiger charge is -2.36. The predicted octanol–water partition coefficient (Wildman–Crippen LogP) is 15.2. The first-order valence-electron chi connectivity index (χ1n) is 23.1. The van der Waals surface area contributed by atoms with Crippen molar-refractivity contribution in [1.29, 1.82) is 0 Å². The number of fused-ring (bicyclic) bond motifs is 7. The van der Waals surface area contributed by atoms with Crippen molar-refractivity contribution in [1.82, 2.24) is 4.67 Å². The van der Waals surface area contributed by atoms with Crippen LogP contribution in [0.15, 0.2) is 150 Å². The van der Waals surface area contributed by atoms with Crippen molar-refractivity contribution in [3.05, 3.63) is 196 Å². The van der Waals surface area contributed by atoms with E-state index >= 15 is 0 Å². The van der Waals surface area contributed by atoms with Crippen LogP contribution in [0.5, 0.6) is 0 Å². The fraction of sp³-hybridized carbons (Fsp3) is 0.333. The minimum atomic E-state index is -3.01. The number of amides is 1. The zero-order valence-electron chi connectivity index (χ0n) is 40.8. The summed E-state index contributed by atoms with van der Waals surface area (Å²) in [6.07, 6.45) is 3.24. The minimum Gasteiger partial charge on any atom is -0.301 e. The molecule has 3 aliphatic carbocycles. The molecule has 0 saturated heterocycles. The fourth-order valence-corrected chi connectivity index (χ4v) is 17.5. The van der Waals surface area contributed by atoms with Crippen molar-refractivity contribution in [2.75, 3.05) is 5.75 Å². The van der Waals surface area contributed by atoms with Gasteiger partial charge in [-0.3, -0.25) is 9.59 Å². The number of carbonyl (C=O) groups is 2. The molecule has 5 aliphatic rings. The number of Topliss-reactive ketones (excluding diaryl/α,β-unsaturated/α-hetero) is 1. The van der Waals surface area contributed by atoms with E-state index in [1.807, 2.05) is 67.0 Å². The van der Waals surface area contributed by atoms with E-state index in [1.165, 1.54) is 40.7 Å². The van der Waals surface area contributed by atoms with Crippen LogP contribution >= 0.6 is 33.3 Å². The van der Waals surface area contributed by atoms with E-state index in [-0.39, 0.29) is 39.2 Å². The summed E-state index contributed by atoms with van der Waals surface area (Å²) in [5.41, 5.74) is 14.1. The molecule has 11 rings (SSSR count). The number of ketones is 1. The molecular weight excluding hydrogens is 919 g/mol. The van der Waals surface area contributed by atoms with Crippen LogP contribution in [0.1, 0.15) is 142 Å². The van der Waals surface area contributed by atoms with Gasteiger partial charge in [0.05, 0.1) is 16.2 Å². The van der Waals surface area contributed by atoms with Gasteiger partial charge < -0.3 is 4.67 Å². The third-order valence-corrected chi connectivity index (χ3v) is 26.2. The Labute approximate surface area is 408 Å². The lowest BCUT2D eigenvalue weighted by molar-refractivity contribution is 0.0816. The Morgan fingerprint density at radius 3 is 1.48 bits per heavy atom. The maximum atomic E-state index is 12.3. The quantitative estimate of drug-likeness (QED) is 0.162. The van der Waals surface area contributed by atoms with Gasteiger partial charge >= 0.3 is 0 Å². The lowest BCUT2D eigenvalue weighted by Crippen LogP contribution is -2.32. The van der Waals surface area contributed by atoms with E-state index in [1.54, 1.807) is 23.3 Å². The highest BCUT2D eigenvalue weighted by Gasteiger charge is 2.45. The van der Waals surface area contributed by atoms with Crippen LogP contribution in [-0.4, -0.2) is 30.5 Å². The molecule has 0 bridgehead atoms. The first-order chi connectivity index (χ1) is 31.5. The predicted molar refractivity (Wildman–Crippen MR) is 292 cm³/mol. The van der Waals surface area contributed by atoms with Crippen LogP contribution in [0, 0.1) is 0 Å². The summed E-state index contributed by atoms with van der Waals surface area (Å²) in [6.45, 7) is 21.7. The highest BCUT2D eigenvalue weighted by Crippen LogP contribution is 2.72. The van der Waals surface area contributed by atoms with Crippen LogP contribution in [0.2, 0.25) is 0 Å². The number of carbonyl (C=O) groups excluding carboxylic acids is 2. The van der Waals surface area contributed by atoms with Gasteiger partial charge in [-0.2, -0.15) is 0 Å². The van der Waals surface area contributed by atoms with Crippen molar-refractivity contribution in [2.45, 2.75) is 121 Å². The molecule has 0 aromatic heterocycles. The number of hydrogen-bond acceptors (Lipinski definition) is 4. The molecule has 2 aliphatic heterocycles. The van der Waals surface area contributed by atoms with Gasteiger partial charge in [0.25, 0.3) is 5.91 Å². The Bertz CT molecular complexity index is 2890. The summed E-state index contributed by atoms with van der Waals surface area (Å²) >= 11 is 0. The number of sulfone groups is 1. The van der Waals surface area contributed by atoms with E-state index in [9.17, 15) is 18.0 Å². The molecular formula is C57H67NO4P4S. The zero-order valence-corrected chi connectivity index (χ0v) is 45.8. The number of hydrogen-bond donors (Lipinski definition) is 0. The molecule has 6 aromatic carbocycles. The Morgan fingerprint density at radius 2 is 0.970 bits per heavy atom. The molecule has 0 fully saturated rings. The topological polar surface area (TPSA) is 71.5 Å². The Hall–Kier alpha value is -3.87. The van der Waals surface area contributed by atoms with E-state index < -0.39 is 17.3 Å². The Morgan fingerprint density at radius 1 is 0.522 bits per heavy atom. The molecule has 10 heteroatoms. The van der Waals surface area contributed by atoms with Crippen molar-refractivity contribution in [3.63, 3.8) is 0 Å². The molecule has 350 valence electrons. The third kappa shape index (κ3) is 10.1. The van der Waals surface area contributed by atoms with E-state index in [0.717, 1.165) is 22.3 Å². The molecule has 4 atom stereocenters. The van der Waals surface area contributed by atoms with Crippen molar-refractivity contribution >= 4 is 54.8 Å². The van der Waals surface area contributed by atoms with Crippen molar-refractivity contribution in [2.24, 2.45) is 0 Å². The van der Waals surface area contributed by atoms with Gasteiger partial charge in [0, 0.05) is 35.8 Å². The van der Waals surface area contributed by atoms with Crippen LogP contribution in [0.3, 0.4) is 0 Å². The van der Waals surface area contributed by atoms with Crippen LogP contribution in [0.4, 0.5) is 0 Å². The summed E-state index contributed by atoms with van der Waals surface area (Å²) in [4.78, 5) is 24.3. The van der Waals surface area contributed by atoms with E-state index in [0.29, 0.717) is 24.7 Å². The van der Waals surface area contributed by atoms with E-state index in [4.69, 9.17) is 0 Å². The van der Waals surface area contributed by atoms with E-state index in [2.05, 4.69) is 158 Å². The third-order valence-electron chi connectivity index (χ3n) is 14.2. The second kappa shape index (κ2) is 19.5. The molecule has 6 aromatic rings. The molecule has 0 radical (unpaired) electrons. The standard InChI is InChI=1S/C15H14.C11H12O.C11H14.C10H15NOP4.C10H12O2S/c1-15(2)13-9-5-3-7-11(13)12-8-4-6-10-14(12)15;1-11(2)7-10(12)8-5-3-4-6-9(8)11;1-11(2)8-7-9-5-3-4-6-10(9)11;1-10(2)8-6-4-3-5-7(8)9(12)11(10)16(14)15-13;1-10(2)7-13(11,12)9-6-4-3-5-8(9)10/h3-10H,1-2H3;3-6H,7H2,1-2H3;3-6H,7-8H2,1-2H3;3-6,15H,13-14H2,1-2H3;3-6H,7H2,1-2H3. The second-order valence-electron chi connectivity index (χ2n) is 21.1. The normalized spacial score (nSPS) is 19.6. The van der Waals surface area contributed by atoms with Crippen LogP contribution in [0.25, 0.3) is 11.1 Å². The smallest absolute Gasteiger partial charge is 0.258 e. The Balaban J connectivity index is 0.000000125. The van der Waals surface area contributed by atoms with Crippen LogP contribution in [-0.2, 0) is 43.5 Å². The van der Waals surface area contributed by atoms with Gasteiger partial charge in [0.1, 0.15) is 0 Å². The first kappa shape index (κ1) is 51.0. The molecule has 0 spiro atoms. The maximum Gasteiger partial charge on any atom is 0.258 e. The van der Waals surface area contributed by atoms with Crippen LogP contribution < -0.4 is 0 Å². The molecule has 67 heavy (non-hydrogen) atoms. The summed E-state index contributed by atoms with van der Waals surface area (Å²) in [6, 6.07) is 49.4. The second-order valence-corrected chi connectivity index (χ2v) is 31.9. The molecule has 4 unspecified atom stereocenters. The summed E-state index contributed by atoms with van der Waals surface area (Å²) in [5.74, 6) is 0.701. The van der Waals surface area contributed by atoms with Crippen molar-refractivity contribution < 1.29 is 18.0 Å². The minimum absolute atomic E-state index is 0.0493. The first-order valence-corrected chi connectivity index (χ1v) is 31.4. The molecule has 1 amide bonds. The number of aryl methyl sites for hydroxylation is 1.